The molecule has 0 bridgehead atoms. The molecule has 0 amide bonds. The summed E-state index contributed by atoms with van der Waals surface area (Å²) < 4.78 is 11.3. The molecule has 0 aromatic carbocycles. The number of aliphatic hydroxyl groups excluding tert-OH is 2. The number of carboxylic acid groups (broad SMARTS) is 2. The van der Waals surface area contributed by atoms with E-state index in [0.29, 0.717) is 5.57 Å². The van der Waals surface area contributed by atoms with Crippen molar-refractivity contribution in [3.63, 3.8) is 0 Å². The largest absolute Gasteiger partial charge is 0.479 e. The molecule has 3 aliphatic heterocycles. The minimum absolute atomic E-state index is 0.113. The summed E-state index contributed by atoms with van der Waals surface area (Å²) in [6, 6.07) is 0.113. The molecule has 0 aliphatic carbocycles. The molecular weight excluding hydrogens is 454 g/mol. The Balaban J connectivity index is 0.000000347. The molecule has 3 rings (SSSR count). The number of nitrogens with zero attached hydrogens (tertiary/aromatic N) is 1. The number of aliphatic hydroxyl groups is 3. The molecule has 3 saturated heterocycles. The minimum Gasteiger partial charge on any atom is -0.479 e. The second-order valence-electron chi connectivity index (χ2n) is 9.04. The monoisotopic (exact) mass is 487 g/mol. The number of esters is 2. The molecule has 3 aliphatic rings. The highest BCUT2D eigenvalue weighted by molar-refractivity contribution is 5.89. The first-order chi connectivity index (χ1) is 15.8. The molecule has 3 heterocycles. The SMILES string of the molecule is C/C=C1/C[C@@H](C)[C@@](C)(O)C(=O)OC[C@H]2CCN3CC[C@@H](OC1=O)[C@@H]23.O=C(O)[C@H](O)[C@@H](O)C(=O)O. The quantitative estimate of drug-likeness (QED) is 0.245. The highest BCUT2D eigenvalue weighted by Crippen LogP contribution is 2.36. The van der Waals surface area contributed by atoms with E-state index in [-0.39, 0.29) is 37.1 Å². The van der Waals surface area contributed by atoms with E-state index in [1.54, 1.807) is 19.9 Å². The Bertz CT molecular complexity index is 806. The van der Waals surface area contributed by atoms with Crippen LogP contribution in [0, 0.1) is 11.8 Å². The maximum Gasteiger partial charge on any atom is 0.338 e. The van der Waals surface area contributed by atoms with Crippen molar-refractivity contribution in [3.05, 3.63) is 11.6 Å². The molecule has 0 spiro atoms. The van der Waals surface area contributed by atoms with Crippen molar-refractivity contribution in [1.29, 1.82) is 0 Å². The number of cyclic esters (lactones) is 1. The maximum absolute atomic E-state index is 12.6. The molecule has 0 radical (unpaired) electrons. The van der Waals surface area contributed by atoms with E-state index in [9.17, 15) is 24.3 Å². The number of aliphatic carboxylic acids is 2. The molecule has 0 aromatic heterocycles. The summed E-state index contributed by atoms with van der Waals surface area (Å²) in [5, 5.41) is 43.1. The van der Waals surface area contributed by atoms with Crippen LogP contribution in [-0.2, 0) is 28.7 Å². The highest BCUT2D eigenvalue weighted by Gasteiger charge is 2.48. The van der Waals surface area contributed by atoms with E-state index in [2.05, 4.69) is 4.90 Å². The molecule has 0 saturated carbocycles. The summed E-state index contributed by atoms with van der Waals surface area (Å²) in [7, 11) is 0. The Morgan fingerprint density at radius 1 is 1.12 bits per heavy atom. The summed E-state index contributed by atoms with van der Waals surface area (Å²) >= 11 is 0. The van der Waals surface area contributed by atoms with Crippen LogP contribution in [0.4, 0.5) is 0 Å². The third-order valence-electron chi connectivity index (χ3n) is 6.78. The van der Waals surface area contributed by atoms with Crippen LogP contribution < -0.4 is 0 Å². The fourth-order valence-corrected chi connectivity index (χ4v) is 4.38. The second-order valence-corrected chi connectivity index (χ2v) is 9.04. The van der Waals surface area contributed by atoms with Gasteiger partial charge >= 0.3 is 23.9 Å². The first kappa shape index (κ1) is 27.7. The molecule has 12 nitrogen and oxygen atoms in total. The summed E-state index contributed by atoms with van der Waals surface area (Å²) in [6.45, 7) is 7.11. The average molecular weight is 488 g/mol. The van der Waals surface area contributed by atoms with E-state index in [4.69, 9.17) is 29.9 Å². The van der Waals surface area contributed by atoms with E-state index in [0.717, 1.165) is 25.9 Å². The fraction of sp³-hybridized carbons (Fsp3) is 0.727. The van der Waals surface area contributed by atoms with Crippen molar-refractivity contribution in [2.45, 2.75) is 70.0 Å². The van der Waals surface area contributed by atoms with Crippen LogP contribution >= 0.6 is 0 Å². The number of hydrogen-bond acceptors (Lipinski definition) is 10. The predicted octanol–water partition coefficient (Wildman–Crippen LogP) is -0.850. The van der Waals surface area contributed by atoms with Crippen LogP contribution in [0.2, 0.25) is 0 Å². The molecule has 34 heavy (non-hydrogen) atoms. The zero-order valence-electron chi connectivity index (χ0n) is 19.4. The Kier molecular flexibility index (Phi) is 9.17. The zero-order valence-corrected chi connectivity index (χ0v) is 19.4. The van der Waals surface area contributed by atoms with E-state index in [1.807, 2.05) is 0 Å². The molecule has 12 heteroatoms. The van der Waals surface area contributed by atoms with Crippen LogP contribution in [0.25, 0.3) is 0 Å². The van der Waals surface area contributed by atoms with Gasteiger partial charge in [0, 0.05) is 18.0 Å². The lowest BCUT2D eigenvalue weighted by Crippen LogP contribution is -2.46. The number of carbonyl (C=O) groups excluding carboxylic acids is 2. The molecular formula is C22H33NO11. The standard InChI is InChI=1S/C18H27NO5.C4H6O6/c1-4-12-9-11(2)18(3,22)17(21)23-10-13-5-7-19-8-6-14(15(13)19)24-16(12)20;5-1(3(7)8)2(6)4(9)10/h4,11,13-15,22H,5-10H2,1-3H3;1-2,5-6H,(H,7,8)(H,9,10)/b12-4-;/t11-,13-,14-,15-,18-;1-,2-/m11/s1. The van der Waals surface area contributed by atoms with Crippen molar-refractivity contribution >= 4 is 23.9 Å². The van der Waals surface area contributed by atoms with Crippen LogP contribution in [0.3, 0.4) is 0 Å². The molecule has 0 unspecified atom stereocenters. The number of carboxylic acids is 2. The number of ether oxygens (including phenoxy) is 2. The second kappa shape index (κ2) is 11.3. The number of hydrogen-bond donors (Lipinski definition) is 5. The minimum atomic E-state index is -2.27. The van der Waals surface area contributed by atoms with Crippen molar-refractivity contribution in [2.24, 2.45) is 11.8 Å². The van der Waals surface area contributed by atoms with Crippen LogP contribution in [0.1, 0.15) is 40.0 Å². The van der Waals surface area contributed by atoms with Crippen molar-refractivity contribution in [1.82, 2.24) is 4.90 Å². The van der Waals surface area contributed by atoms with Gasteiger partial charge < -0.3 is 35.0 Å². The van der Waals surface area contributed by atoms with Crippen LogP contribution in [0.15, 0.2) is 11.6 Å². The van der Waals surface area contributed by atoms with Gasteiger partial charge in [-0.15, -0.1) is 0 Å². The first-order valence-electron chi connectivity index (χ1n) is 11.1. The summed E-state index contributed by atoms with van der Waals surface area (Å²) in [5.41, 5.74) is -1.12. The van der Waals surface area contributed by atoms with Gasteiger partial charge in [-0.25, -0.2) is 19.2 Å². The topological polar surface area (TPSA) is 191 Å². The van der Waals surface area contributed by atoms with Gasteiger partial charge in [0.15, 0.2) is 17.8 Å². The summed E-state index contributed by atoms with van der Waals surface area (Å²) in [4.78, 5) is 46.8. The van der Waals surface area contributed by atoms with Crippen molar-refractivity contribution in [3.8, 4) is 0 Å². The average Bonchev–Trinajstić information content (AvgIpc) is 3.36. The molecule has 0 aromatic rings. The zero-order chi connectivity index (χ0) is 25.8. The number of carbonyl (C=O) groups is 4. The Morgan fingerprint density at radius 2 is 1.68 bits per heavy atom. The van der Waals surface area contributed by atoms with Crippen LogP contribution in [0.5, 0.6) is 0 Å². The van der Waals surface area contributed by atoms with Gasteiger partial charge in [-0.1, -0.05) is 13.0 Å². The summed E-state index contributed by atoms with van der Waals surface area (Å²) in [6.07, 6.45) is -0.943. The highest BCUT2D eigenvalue weighted by atomic mass is 16.6. The molecule has 7 atom stereocenters. The fourth-order valence-electron chi connectivity index (χ4n) is 4.38. The first-order valence-corrected chi connectivity index (χ1v) is 11.1. The molecule has 5 N–H and O–H groups in total. The maximum atomic E-state index is 12.6. The predicted molar refractivity (Wildman–Crippen MR) is 114 cm³/mol. The summed E-state index contributed by atoms with van der Waals surface area (Å²) in [5.74, 6) is -4.76. The van der Waals surface area contributed by atoms with Gasteiger partial charge in [-0.05, 0) is 45.6 Å². The Labute approximate surface area is 196 Å². The van der Waals surface area contributed by atoms with Crippen molar-refractivity contribution in [2.75, 3.05) is 19.7 Å². The van der Waals surface area contributed by atoms with Crippen LogP contribution in [-0.4, -0.2) is 104 Å². The molecule has 192 valence electrons. The number of rotatable bonds is 3. The van der Waals surface area contributed by atoms with Gasteiger partial charge in [0.05, 0.1) is 12.6 Å². The Hall–Kier alpha value is -2.54. The molecule has 3 fully saturated rings. The van der Waals surface area contributed by atoms with Gasteiger partial charge in [0.1, 0.15) is 6.10 Å². The normalized spacial score (nSPS) is 34.9. The van der Waals surface area contributed by atoms with Gasteiger partial charge in [0.2, 0.25) is 0 Å². The Morgan fingerprint density at radius 3 is 2.21 bits per heavy atom. The third-order valence-corrected chi connectivity index (χ3v) is 6.78. The van der Waals surface area contributed by atoms with Gasteiger partial charge in [-0.2, -0.15) is 0 Å². The van der Waals surface area contributed by atoms with E-state index >= 15 is 0 Å². The van der Waals surface area contributed by atoms with Gasteiger partial charge in [0.25, 0.3) is 0 Å². The lowest BCUT2D eigenvalue weighted by Gasteiger charge is -2.32. The smallest absolute Gasteiger partial charge is 0.338 e. The van der Waals surface area contributed by atoms with Gasteiger partial charge in [-0.3, -0.25) is 4.90 Å². The van der Waals surface area contributed by atoms with Crippen molar-refractivity contribution < 1.29 is 54.2 Å². The lowest BCUT2D eigenvalue weighted by molar-refractivity contribution is -0.172. The number of allylic oxidation sites excluding steroid dienone is 1. The van der Waals surface area contributed by atoms with E-state index in [1.165, 1.54) is 6.92 Å². The third kappa shape index (κ3) is 6.12. The lowest BCUT2D eigenvalue weighted by atomic mass is 9.85. The van der Waals surface area contributed by atoms with E-state index < -0.39 is 41.6 Å².